The molecule has 1 aliphatic heterocycles. The summed E-state index contributed by atoms with van der Waals surface area (Å²) < 4.78 is 6.29. The molecular formula is C15H23BrN2O. The normalized spacial score (nSPS) is 19.1. The van der Waals surface area contributed by atoms with E-state index in [0.717, 1.165) is 29.1 Å². The third kappa shape index (κ3) is 4.48. The molecule has 1 atom stereocenters. The van der Waals surface area contributed by atoms with Gasteiger partial charge in [-0.15, -0.1) is 0 Å². The van der Waals surface area contributed by atoms with E-state index in [0.29, 0.717) is 0 Å². The Hall–Kier alpha value is -0.580. The minimum absolute atomic E-state index is 0.826. The number of ether oxygens (including phenoxy) is 1. The average molecular weight is 327 g/mol. The quantitative estimate of drug-likeness (QED) is 0.869. The van der Waals surface area contributed by atoms with Crippen LogP contribution in [0.25, 0.3) is 0 Å². The van der Waals surface area contributed by atoms with Crippen molar-refractivity contribution in [1.29, 1.82) is 0 Å². The molecule has 19 heavy (non-hydrogen) atoms. The zero-order valence-electron chi connectivity index (χ0n) is 11.8. The first kappa shape index (κ1) is 14.8. The minimum atomic E-state index is 0.826. The Morgan fingerprint density at radius 2 is 2.32 bits per heavy atom. The molecule has 1 unspecified atom stereocenters. The largest absolute Gasteiger partial charge is 0.496 e. The Balaban J connectivity index is 1.79. The maximum Gasteiger partial charge on any atom is 0.133 e. The van der Waals surface area contributed by atoms with Gasteiger partial charge in [0, 0.05) is 13.1 Å². The zero-order chi connectivity index (χ0) is 13.7. The van der Waals surface area contributed by atoms with Crippen LogP contribution in [0.1, 0.15) is 12.0 Å². The summed E-state index contributed by atoms with van der Waals surface area (Å²) in [5.41, 5.74) is 1.35. The molecule has 1 aliphatic rings. The summed E-state index contributed by atoms with van der Waals surface area (Å²) >= 11 is 3.54. The molecule has 0 bridgehead atoms. The summed E-state index contributed by atoms with van der Waals surface area (Å²) in [6.07, 6.45) is 2.40. The van der Waals surface area contributed by atoms with Crippen molar-refractivity contribution in [3.63, 3.8) is 0 Å². The van der Waals surface area contributed by atoms with Crippen LogP contribution >= 0.6 is 15.9 Å². The highest BCUT2D eigenvalue weighted by Gasteiger charge is 2.16. The smallest absolute Gasteiger partial charge is 0.133 e. The first-order chi connectivity index (χ1) is 9.19. The van der Waals surface area contributed by atoms with E-state index in [1.165, 1.54) is 31.6 Å². The number of methoxy groups -OCH3 is 1. The van der Waals surface area contributed by atoms with Gasteiger partial charge in [0.15, 0.2) is 0 Å². The molecule has 106 valence electrons. The van der Waals surface area contributed by atoms with E-state index in [1.807, 2.05) is 6.07 Å². The van der Waals surface area contributed by atoms with Crippen molar-refractivity contribution in [3.8, 4) is 5.75 Å². The molecule has 1 N–H and O–H groups in total. The number of nitrogens with one attached hydrogen (secondary N) is 1. The van der Waals surface area contributed by atoms with Crippen LogP contribution in [0.2, 0.25) is 0 Å². The molecule has 0 aliphatic carbocycles. The van der Waals surface area contributed by atoms with Crippen molar-refractivity contribution >= 4 is 15.9 Å². The van der Waals surface area contributed by atoms with Crippen LogP contribution in [-0.4, -0.2) is 45.2 Å². The Kier molecular flexibility index (Phi) is 5.67. The third-order valence-corrected chi connectivity index (χ3v) is 4.35. The molecule has 2 rings (SSSR count). The van der Waals surface area contributed by atoms with Gasteiger partial charge in [-0.2, -0.15) is 0 Å². The van der Waals surface area contributed by atoms with Gasteiger partial charge >= 0.3 is 0 Å². The van der Waals surface area contributed by atoms with Gasteiger partial charge < -0.3 is 15.0 Å². The van der Waals surface area contributed by atoms with Gasteiger partial charge in [-0.1, -0.05) is 6.07 Å². The molecule has 0 aromatic heterocycles. The maximum atomic E-state index is 5.25. The second-order valence-corrected chi connectivity index (χ2v) is 6.19. The number of hydrogen-bond donors (Lipinski definition) is 1. The molecule has 1 aromatic carbocycles. The lowest BCUT2D eigenvalue weighted by molar-refractivity contribution is 0.288. The van der Waals surface area contributed by atoms with Crippen molar-refractivity contribution in [1.82, 2.24) is 10.2 Å². The summed E-state index contributed by atoms with van der Waals surface area (Å²) in [4.78, 5) is 2.44. The van der Waals surface area contributed by atoms with E-state index >= 15 is 0 Å². The lowest BCUT2D eigenvalue weighted by atomic mass is 10.1. The minimum Gasteiger partial charge on any atom is -0.496 e. The van der Waals surface area contributed by atoms with E-state index in [-0.39, 0.29) is 0 Å². The fraction of sp³-hybridized carbons (Fsp3) is 0.600. The Morgan fingerprint density at radius 1 is 1.47 bits per heavy atom. The van der Waals surface area contributed by atoms with Crippen LogP contribution in [-0.2, 0) is 6.42 Å². The summed E-state index contributed by atoms with van der Waals surface area (Å²) in [6.45, 7) is 4.67. The Morgan fingerprint density at radius 3 is 2.95 bits per heavy atom. The van der Waals surface area contributed by atoms with Crippen molar-refractivity contribution in [2.75, 3.05) is 40.3 Å². The van der Waals surface area contributed by atoms with Gasteiger partial charge in [0.25, 0.3) is 0 Å². The molecule has 0 saturated carbocycles. The molecule has 3 nitrogen and oxygen atoms in total. The number of halogens is 1. The lowest BCUT2D eigenvalue weighted by Gasteiger charge is -2.20. The van der Waals surface area contributed by atoms with Gasteiger partial charge in [-0.05, 0) is 72.5 Å². The van der Waals surface area contributed by atoms with Gasteiger partial charge in [-0.25, -0.2) is 0 Å². The molecule has 0 spiro atoms. The molecule has 1 aromatic rings. The monoisotopic (exact) mass is 326 g/mol. The van der Waals surface area contributed by atoms with E-state index in [1.54, 1.807) is 7.11 Å². The van der Waals surface area contributed by atoms with Gasteiger partial charge in [0.1, 0.15) is 5.75 Å². The zero-order valence-corrected chi connectivity index (χ0v) is 13.4. The highest BCUT2D eigenvalue weighted by molar-refractivity contribution is 9.10. The molecule has 1 fully saturated rings. The molecule has 0 amide bonds. The standard InChI is InChI=1S/C15H23BrN2O/c1-18(11-13-5-7-17-10-13)8-6-12-3-4-15(19-2)14(16)9-12/h3-4,9,13,17H,5-8,10-11H2,1-2H3. The highest BCUT2D eigenvalue weighted by atomic mass is 79.9. The van der Waals surface area contributed by atoms with Crippen LogP contribution in [0.3, 0.4) is 0 Å². The predicted molar refractivity (Wildman–Crippen MR) is 82.9 cm³/mol. The van der Waals surface area contributed by atoms with E-state index in [4.69, 9.17) is 4.74 Å². The van der Waals surface area contributed by atoms with Crippen LogP contribution in [0, 0.1) is 5.92 Å². The number of likely N-dealkylation sites (N-methyl/N-ethyl adjacent to an activating group) is 1. The molecule has 1 heterocycles. The predicted octanol–water partition coefficient (Wildman–Crippen LogP) is 2.54. The second kappa shape index (κ2) is 7.27. The SMILES string of the molecule is COc1ccc(CCN(C)CC2CCNC2)cc1Br. The molecule has 1 saturated heterocycles. The maximum absolute atomic E-state index is 5.25. The molecular weight excluding hydrogens is 304 g/mol. The van der Waals surface area contributed by atoms with Crippen molar-refractivity contribution in [2.45, 2.75) is 12.8 Å². The fourth-order valence-corrected chi connectivity index (χ4v) is 3.18. The van der Waals surface area contributed by atoms with Gasteiger partial charge in [0.2, 0.25) is 0 Å². The van der Waals surface area contributed by atoms with E-state index < -0.39 is 0 Å². The molecule has 0 radical (unpaired) electrons. The van der Waals surface area contributed by atoms with Crippen molar-refractivity contribution in [3.05, 3.63) is 28.2 Å². The number of nitrogens with zero attached hydrogens (tertiary/aromatic N) is 1. The number of hydrogen-bond acceptors (Lipinski definition) is 3. The van der Waals surface area contributed by atoms with Crippen LogP contribution < -0.4 is 10.1 Å². The first-order valence-electron chi connectivity index (χ1n) is 6.90. The average Bonchev–Trinajstić information content (AvgIpc) is 2.89. The van der Waals surface area contributed by atoms with Gasteiger partial charge in [0.05, 0.1) is 11.6 Å². The fourth-order valence-electron chi connectivity index (χ4n) is 2.59. The topological polar surface area (TPSA) is 24.5 Å². The highest BCUT2D eigenvalue weighted by Crippen LogP contribution is 2.25. The summed E-state index contributed by atoms with van der Waals surface area (Å²) in [7, 11) is 3.92. The Labute approximate surface area is 124 Å². The van der Waals surface area contributed by atoms with Crippen molar-refractivity contribution in [2.24, 2.45) is 5.92 Å². The second-order valence-electron chi connectivity index (χ2n) is 5.34. The van der Waals surface area contributed by atoms with Gasteiger partial charge in [-0.3, -0.25) is 0 Å². The lowest BCUT2D eigenvalue weighted by Crippen LogP contribution is -2.28. The Bertz CT molecular complexity index is 405. The van der Waals surface area contributed by atoms with Crippen molar-refractivity contribution < 1.29 is 4.74 Å². The van der Waals surface area contributed by atoms with Crippen LogP contribution in [0.5, 0.6) is 5.75 Å². The number of rotatable bonds is 6. The van der Waals surface area contributed by atoms with Crippen LogP contribution in [0.15, 0.2) is 22.7 Å². The number of benzene rings is 1. The summed E-state index contributed by atoms with van der Waals surface area (Å²) in [5, 5.41) is 3.42. The summed E-state index contributed by atoms with van der Waals surface area (Å²) in [5.74, 6) is 1.72. The van der Waals surface area contributed by atoms with E-state index in [2.05, 4.69) is 45.3 Å². The van der Waals surface area contributed by atoms with Crippen LogP contribution in [0.4, 0.5) is 0 Å². The third-order valence-electron chi connectivity index (χ3n) is 3.73. The van der Waals surface area contributed by atoms with E-state index in [9.17, 15) is 0 Å². The summed E-state index contributed by atoms with van der Waals surface area (Å²) in [6, 6.07) is 6.33. The molecule has 4 heteroatoms. The first-order valence-corrected chi connectivity index (χ1v) is 7.70.